The number of benzene rings is 2. The Kier molecular flexibility index (Phi) is 3.68. The molecule has 0 saturated carbocycles. The number of thiazole rings is 1. The largest absolute Gasteiger partial charge is 0.345 e. The van der Waals surface area contributed by atoms with Gasteiger partial charge in [0.1, 0.15) is 5.69 Å². The van der Waals surface area contributed by atoms with Crippen LogP contribution >= 0.6 is 11.3 Å². The van der Waals surface area contributed by atoms with Crippen LogP contribution in [0.2, 0.25) is 0 Å². The van der Waals surface area contributed by atoms with Gasteiger partial charge in [0, 0.05) is 16.8 Å². The summed E-state index contributed by atoms with van der Waals surface area (Å²) < 4.78 is 0. The highest BCUT2D eigenvalue weighted by molar-refractivity contribution is 7.14. The first-order chi connectivity index (χ1) is 11.8. The van der Waals surface area contributed by atoms with Crippen LogP contribution in [0.4, 0.5) is 16.5 Å². The van der Waals surface area contributed by atoms with Gasteiger partial charge in [-0.2, -0.15) is 0 Å². The maximum Gasteiger partial charge on any atom is 0.275 e. The molecule has 0 radical (unpaired) electrons. The lowest BCUT2D eigenvalue weighted by Gasteiger charge is -2.03. The van der Waals surface area contributed by atoms with Gasteiger partial charge in [0.25, 0.3) is 5.91 Å². The molecule has 0 saturated heterocycles. The van der Waals surface area contributed by atoms with Crippen molar-refractivity contribution in [3.05, 3.63) is 65.9 Å². The van der Waals surface area contributed by atoms with Gasteiger partial charge in [-0.15, -0.1) is 11.3 Å². The summed E-state index contributed by atoms with van der Waals surface area (Å²) in [6.45, 7) is 0. The number of nitrogens with one attached hydrogen (secondary N) is 3. The van der Waals surface area contributed by atoms with Crippen molar-refractivity contribution in [1.82, 2.24) is 15.0 Å². The van der Waals surface area contributed by atoms with Gasteiger partial charge in [0.15, 0.2) is 5.13 Å². The molecule has 0 fully saturated rings. The Labute approximate surface area is 141 Å². The second-order valence-electron chi connectivity index (χ2n) is 5.12. The van der Waals surface area contributed by atoms with Crippen LogP contribution in [0, 0.1) is 0 Å². The molecule has 6 nitrogen and oxygen atoms in total. The summed E-state index contributed by atoms with van der Waals surface area (Å²) in [6.07, 6.45) is 1.62. The molecule has 1 amide bonds. The number of aromatic nitrogens is 3. The van der Waals surface area contributed by atoms with E-state index in [0.717, 1.165) is 16.7 Å². The van der Waals surface area contributed by atoms with Crippen molar-refractivity contribution in [1.29, 1.82) is 0 Å². The number of H-pyrrole nitrogens is 1. The lowest BCUT2D eigenvalue weighted by atomic mass is 10.2. The molecule has 0 aliphatic rings. The molecule has 7 heteroatoms. The van der Waals surface area contributed by atoms with Crippen LogP contribution in [0.1, 0.15) is 10.5 Å². The van der Waals surface area contributed by atoms with Gasteiger partial charge in [-0.25, -0.2) is 9.97 Å². The van der Waals surface area contributed by atoms with Crippen molar-refractivity contribution in [2.45, 2.75) is 0 Å². The zero-order valence-corrected chi connectivity index (χ0v) is 13.3. The average molecular weight is 335 g/mol. The number of rotatable bonds is 4. The molecule has 0 aliphatic carbocycles. The second-order valence-corrected chi connectivity index (χ2v) is 5.98. The number of aromatic amines is 1. The number of imidazole rings is 1. The number of para-hydroxylation sites is 1. The highest BCUT2D eigenvalue weighted by Gasteiger charge is 2.11. The lowest BCUT2D eigenvalue weighted by molar-refractivity contribution is 0.102. The van der Waals surface area contributed by atoms with Crippen molar-refractivity contribution in [2.24, 2.45) is 0 Å². The van der Waals surface area contributed by atoms with Crippen LogP contribution < -0.4 is 10.6 Å². The molecule has 3 N–H and O–H groups in total. The third-order valence-electron chi connectivity index (χ3n) is 3.44. The van der Waals surface area contributed by atoms with Gasteiger partial charge in [-0.05, 0) is 30.3 Å². The maximum absolute atomic E-state index is 12.3. The number of hydrogen-bond donors (Lipinski definition) is 3. The van der Waals surface area contributed by atoms with Gasteiger partial charge in [-0.3, -0.25) is 4.79 Å². The zero-order chi connectivity index (χ0) is 16.4. The second kappa shape index (κ2) is 6.13. The number of fused-ring (bicyclic) bond motifs is 1. The molecule has 24 heavy (non-hydrogen) atoms. The van der Waals surface area contributed by atoms with Gasteiger partial charge in [0.2, 0.25) is 0 Å². The molecule has 2 aromatic carbocycles. The topological polar surface area (TPSA) is 82.7 Å². The SMILES string of the molecule is O=C(Nc1ccc2nc[nH]c2c1)c1csc(Nc2ccccc2)n1. The quantitative estimate of drug-likeness (QED) is 0.526. The maximum atomic E-state index is 12.3. The Balaban J connectivity index is 1.48. The predicted octanol–water partition coefficient (Wildman–Crippen LogP) is 4.02. The summed E-state index contributed by atoms with van der Waals surface area (Å²) in [5.74, 6) is -0.244. The van der Waals surface area contributed by atoms with Crippen molar-refractivity contribution >= 4 is 44.8 Å². The predicted molar refractivity (Wildman–Crippen MR) is 95.9 cm³/mol. The molecule has 0 atom stereocenters. The summed E-state index contributed by atoms with van der Waals surface area (Å²) in [4.78, 5) is 23.8. The van der Waals surface area contributed by atoms with E-state index in [2.05, 4.69) is 25.6 Å². The summed E-state index contributed by atoms with van der Waals surface area (Å²) >= 11 is 1.39. The zero-order valence-electron chi connectivity index (χ0n) is 12.5. The number of anilines is 3. The highest BCUT2D eigenvalue weighted by atomic mass is 32.1. The van der Waals surface area contributed by atoms with Gasteiger partial charge in [0.05, 0.1) is 17.4 Å². The summed E-state index contributed by atoms with van der Waals surface area (Å²) in [5.41, 5.74) is 3.74. The number of amides is 1. The van der Waals surface area contributed by atoms with Crippen LogP contribution in [-0.4, -0.2) is 20.9 Å². The van der Waals surface area contributed by atoms with Crippen LogP contribution in [0.5, 0.6) is 0 Å². The molecule has 0 aliphatic heterocycles. The van der Waals surface area contributed by atoms with Crippen molar-refractivity contribution in [3.8, 4) is 0 Å². The van der Waals surface area contributed by atoms with E-state index in [1.165, 1.54) is 11.3 Å². The third-order valence-corrected chi connectivity index (χ3v) is 4.20. The summed E-state index contributed by atoms with van der Waals surface area (Å²) in [5, 5.41) is 8.43. The van der Waals surface area contributed by atoms with E-state index >= 15 is 0 Å². The number of carbonyl (C=O) groups is 1. The Morgan fingerprint density at radius 2 is 1.96 bits per heavy atom. The van der Waals surface area contributed by atoms with Crippen LogP contribution in [0.25, 0.3) is 11.0 Å². The number of hydrogen-bond acceptors (Lipinski definition) is 5. The van der Waals surface area contributed by atoms with Crippen LogP contribution in [-0.2, 0) is 0 Å². The van der Waals surface area contributed by atoms with Crippen LogP contribution in [0.15, 0.2) is 60.2 Å². The Morgan fingerprint density at radius 1 is 1.08 bits per heavy atom. The minimum atomic E-state index is -0.244. The van der Waals surface area contributed by atoms with E-state index < -0.39 is 0 Å². The van der Waals surface area contributed by atoms with Crippen molar-refractivity contribution in [2.75, 3.05) is 10.6 Å². The molecule has 4 rings (SSSR count). The number of carbonyl (C=O) groups excluding carboxylic acids is 1. The molecule has 4 aromatic rings. The molecule has 118 valence electrons. The van der Waals surface area contributed by atoms with Gasteiger partial charge < -0.3 is 15.6 Å². The molecular formula is C17H13N5OS. The minimum Gasteiger partial charge on any atom is -0.345 e. The fraction of sp³-hybridized carbons (Fsp3) is 0. The van der Waals surface area contributed by atoms with E-state index in [9.17, 15) is 4.79 Å². The van der Waals surface area contributed by atoms with Crippen LogP contribution in [0.3, 0.4) is 0 Å². The molecular weight excluding hydrogens is 322 g/mol. The Bertz CT molecular complexity index is 992. The Hall–Kier alpha value is -3.19. The van der Waals surface area contributed by atoms with E-state index in [-0.39, 0.29) is 5.91 Å². The van der Waals surface area contributed by atoms with Crippen molar-refractivity contribution < 1.29 is 4.79 Å². The average Bonchev–Trinajstić information content (AvgIpc) is 3.24. The fourth-order valence-electron chi connectivity index (χ4n) is 2.29. The standard InChI is InChI=1S/C17H13N5OS/c23-16(20-12-6-7-13-14(8-12)19-10-18-13)15-9-24-17(22-15)21-11-4-2-1-3-5-11/h1-10H,(H,18,19)(H,20,23)(H,21,22). The minimum absolute atomic E-state index is 0.244. The third kappa shape index (κ3) is 2.97. The van der Waals surface area contributed by atoms with E-state index in [4.69, 9.17) is 0 Å². The summed E-state index contributed by atoms with van der Waals surface area (Å²) in [7, 11) is 0. The molecule has 0 spiro atoms. The molecule has 0 bridgehead atoms. The summed E-state index contributed by atoms with van der Waals surface area (Å²) in [6, 6.07) is 15.2. The first-order valence-corrected chi connectivity index (χ1v) is 8.18. The fourth-order valence-corrected chi connectivity index (χ4v) is 3.00. The molecule has 2 heterocycles. The number of nitrogens with zero attached hydrogens (tertiary/aromatic N) is 2. The lowest BCUT2D eigenvalue weighted by Crippen LogP contribution is -2.12. The highest BCUT2D eigenvalue weighted by Crippen LogP contribution is 2.22. The van der Waals surface area contributed by atoms with Crippen molar-refractivity contribution in [3.63, 3.8) is 0 Å². The van der Waals surface area contributed by atoms with Gasteiger partial charge >= 0.3 is 0 Å². The van der Waals surface area contributed by atoms with E-state index in [1.54, 1.807) is 11.7 Å². The first-order valence-electron chi connectivity index (χ1n) is 7.30. The van der Waals surface area contributed by atoms with Gasteiger partial charge in [-0.1, -0.05) is 18.2 Å². The molecule has 0 unspecified atom stereocenters. The van der Waals surface area contributed by atoms with E-state index in [0.29, 0.717) is 16.5 Å². The molecule has 2 aromatic heterocycles. The normalized spacial score (nSPS) is 10.7. The van der Waals surface area contributed by atoms with E-state index in [1.807, 2.05) is 48.5 Å². The Morgan fingerprint density at radius 3 is 2.83 bits per heavy atom. The first kappa shape index (κ1) is 14.4. The monoisotopic (exact) mass is 335 g/mol. The smallest absolute Gasteiger partial charge is 0.275 e.